The lowest BCUT2D eigenvalue weighted by Gasteiger charge is -2.47. The van der Waals surface area contributed by atoms with E-state index in [1.165, 1.54) is 25.1 Å². The number of carbonyl (C=O) groups is 2. The lowest BCUT2D eigenvalue weighted by Crippen LogP contribution is -2.57. The first-order valence-corrected chi connectivity index (χ1v) is 7.49. The molecule has 1 N–H and O–H groups in total. The summed E-state index contributed by atoms with van der Waals surface area (Å²) in [5.74, 6) is -0.730. The van der Waals surface area contributed by atoms with Crippen LogP contribution in [0.2, 0.25) is 0 Å². The molecule has 0 bridgehead atoms. The largest absolute Gasteiger partial charge is 0.480 e. The number of carboxylic acid groups (broad SMARTS) is 1. The van der Waals surface area contributed by atoms with Gasteiger partial charge in [-0.05, 0) is 31.6 Å². The van der Waals surface area contributed by atoms with Gasteiger partial charge in [-0.3, -0.25) is 4.79 Å². The smallest absolute Gasteiger partial charge is 0.326 e. The van der Waals surface area contributed by atoms with E-state index in [0.29, 0.717) is 17.9 Å². The zero-order chi connectivity index (χ0) is 14.8. The second-order valence-corrected chi connectivity index (χ2v) is 5.88. The molecule has 1 aromatic heterocycles. The Morgan fingerprint density at radius 3 is 2.52 bits per heavy atom. The van der Waals surface area contributed by atoms with Gasteiger partial charge in [0.15, 0.2) is 0 Å². The van der Waals surface area contributed by atoms with Gasteiger partial charge in [-0.1, -0.05) is 12.8 Å². The van der Waals surface area contributed by atoms with Crippen molar-refractivity contribution in [2.24, 2.45) is 5.92 Å². The van der Waals surface area contributed by atoms with Crippen molar-refractivity contribution in [2.75, 3.05) is 0 Å². The number of aromatic nitrogens is 2. The fourth-order valence-electron chi connectivity index (χ4n) is 3.73. The summed E-state index contributed by atoms with van der Waals surface area (Å²) in [6.07, 6.45) is 9.94. The van der Waals surface area contributed by atoms with Crippen LogP contribution in [-0.4, -0.2) is 43.9 Å². The first-order chi connectivity index (χ1) is 10.2. The molecular weight excluding hydrogens is 270 g/mol. The van der Waals surface area contributed by atoms with E-state index < -0.39 is 12.0 Å². The van der Waals surface area contributed by atoms with Crippen molar-refractivity contribution in [2.45, 2.75) is 50.6 Å². The van der Waals surface area contributed by atoms with Crippen molar-refractivity contribution in [1.29, 1.82) is 0 Å². The maximum atomic E-state index is 12.8. The highest BCUT2D eigenvalue weighted by molar-refractivity contribution is 5.96. The Bertz CT molecular complexity index is 534. The van der Waals surface area contributed by atoms with Crippen molar-refractivity contribution in [3.8, 4) is 0 Å². The van der Waals surface area contributed by atoms with Gasteiger partial charge in [-0.25, -0.2) is 14.8 Å². The van der Waals surface area contributed by atoms with Crippen LogP contribution in [0.1, 0.15) is 48.9 Å². The molecule has 3 rings (SSSR count). The minimum atomic E-state index is -0.913. The molecule has 21 heavy (non-hydrogen) atoms. The number of aliphatic carboxylic acids is 1. The van der Waals surface area contributed by atoms with Crippen molar-refractivity contribution in [3.63, 3.8) is 0 Å². The van der Waals surface area contributed by atoms with Gasteiger partial charge in [0, 0.05) is 18.4 Å². The van der Waals surface area contributed by atoms with Crippen LogP contribution in [0.15, 0.2) is 18.7 Å². The van der Waals surface area contributed by atoms with Crippen LogP contribution >= 0.6 is 0 Å². The Morgan fingerprint density at radius 1 is 1.10 bits per heavy atom. The van der Waals surface area contributed by atoms with Crippen molar-refractivity contribution in [3.05, 3.63) is 24.3 Å². The van der Waals surface area contributed by atoms with E-state index >= 15 is 0 Å². The Kier molecular flexibility index (Phi) is 3.86. The summed E-state index contributed by atoms with van der Waals surface area (Å²) in [7, 11) is 0. The summed E-state index contributed by atoms with van der Waals surface area (Å²) in [6.45, 7) is 0. The summed E-state index contributed by atoms with van der Waals surface area (Å²) >= 11 is 0. The van der Waals surface area contributed by atoms with Crippen molar-refractivity contribution < 1.29 is 14.7 Å². The number of piperidine rings is 1. The van der Waals surface area contributed by atoms with E-state index in [4.69, 9.17) is 0 Å². The molecule has 1 aliphatic heterocycles. The molecule has 1 aliphatic carbocycles. The Hall–Kier alpha value is -1.98. The first-order valence-electron chi connectivity index (χ1n) is 7.49. The molecule has 0 aromatic carbocycles. The number of fused-ring (bicyclic) bond motifs is 1. The van der Waals surface area contributed by atoms with Gasteiger partial charge in [0.2, 0.25) is 0 Å². The number of nitrogens with zero attached hydrogens (tertiary/aromatic N) is 3. The van der Waals surface area contributed by atoms with Gasteiger partial charge in [0.25, 0.3) is 5.91 Å². The molecular formula is C15H19N3O3. The second-order valence-electron chi connectivity index (χ2n) is 5.88. The number of carbonyl (C=O) groups excluding carboxylic acids is 1. The van der Waals surface area contributed by atoms with Crippen LogP contribution in [0.25, 0.3) is 0 Å². The molecule has 2 fully saturated rings. The molecule has 6 nitrogen and oxygen atoms in total. The fraction of sp³-hybridized carbons (Fsp3) is 0.600. The first kappa shape index (κ1) is 14.0. The predicted octanol–water partition coefficient (Wildman–Crippen LogP) is 1.72. The lowest BCUT2D eigenvalue weighted by atomic mass is 9.76. The van der Waals surface area contributed by atoms with E-state index in [0.717, 1.165) is 25.7 Å². The fourth-order valence-corrected chi connectivity index (χ4v) is 3.73. The molecule has 1 saturated heterocycles. The molecule has 0 radical (unpaired) electrons. The van der Waals surface area contributed by atoms with Crippen molar-refractivity contribution >= 4 is 11.9 Å². The van der Waals surface area contributed by atoms with Crippen LogP contribution in [-0.2, 0) is 4.79 Å². The minimum Gasteiger partial charge on any atom is -0.480 e. The van der Waals surface area contributed by atoms with E-state index in [1.54, 1.807) is 4.90 Å². The second kappa shape index (κ2) is 5.79. The molecule has 6 heteroatoms. The molecule has 1 saturated carbocycles. The SMILES string of the molecule is O=C(O)C1CCC2CCCCC2N1C(=O)c1cncnc1. The predicted molar refractivity (Wildman–Crippen MR) is 74.6 cm³/mol. The van der Waals surface area contributed by atoms with Gasteiger partial charge in [-0.2, -0.15) is 0 Å². The highest BCUT2D eigenvalue weighted by Gasteiger charge is 2.44. The Balaban J connectivity index is 1.92. The number of amides is 1. The standard InChI is InChI=1S/C15H19N3O3/c19-14(11-7-16-9-17-8-11)18-12-4-2-1-3-10(12)5-6-13(18)15(20)21/h7-10,12-13H,1-6H2,(H,20,21). The summed E-state index contributed by atoms with van der Waals surface area (Å²) in [5, 5.41) is 9.47. The normalized spacial score (nSPS) is 28.8. The number of likely N-dealkylation sites (tertiary alicyclic amines) is 1. The van der Waals surface area contributed by atoms with Crippen LogP contribution in [0.4, 0.5) is 0 Å². The quantitative estimate of drug-likeness (QED) is 0.896. The summed E-state index contributed by atoms with van der Waals surface area (Å²) in [6, 6.07) is -0.682. The Labute approximate surface area is 123 Å². The highest BCUT2D eigenvalue weighted by Crippen LogP contribution is 2.38. The van der Waals surface area contributed by atoms with E-state index in [2.05, 4.69) is 9.97 Å². The Morgan fingerprint density at radius 2 is 1.81 bits per heavy atom. The molecule has 2 aliphatic rings. The van der Waals surface area contributed by atoms with E-state index in [1.807, 2.05) is 0 Å². The third kappa shape index (κ3) is 2.62. The molecule has 2 heterocycles. The molecule has 3 unspecified atom stereocenters. The van der Waals surface area contributed by atoms with Gasteiger partial charge in [0.1, 0.15) is 12.4 Å². The number of carboxylic acids is 1. The van der Waals surface area contributed by atoms with E-state index in [-0.39, 0.29) is 11.9 Å². The number of hydrogen-bond donors (Lipinski definition) is 1. The number of rotatable bonds is 2. The minimum absolute atomic E-state index is 0.0429. The number of hydrogen-bond acceptors (Lipinski definition) is 4. The van der Waals surface area contributed by atoms with Crippen LogP contribution in [0.5, 0.6) is 0 Å². The summed E-state index contributed by atoms with van der Waals surface area (Å²) in [5.41, 5.74) is 0.370. The van der Waals surface area contributed by atoms with E-state index in [9.17, 15) is 14.7 Å². The zero-order valence-electron chi connectivity index (χ0n) is 11.8. The van der Waals surface area contributed by atoms with Gasteiger partial charge in [-0.15, -0.1) is 0 Å². The van der Waals surface area contributed by atoms with Crippen LogP contribution in [0, 0.1) is 5.92 Å². The highest BCUT2D eigenvalue weighted by atomic mass is 16.4. The maximum Gasteiger partial charge on any atom is 0.326 e. The molecule has 1 aromatic rings. The van der Waals surface area contributed by atoms with Gasteiger partial charge in [0.05, 0.1) is 5.56 Å². The lowest BCUT2D eigenvalue weighted by molar-refractivity contribution is -0.146. The monoisotopic (exact) mass is 289 g/mol. The molecule has 3 atom stereocenters. The average molecular weight is 289 g/mol. The third-order valence-electron chi connectivity index (χ3n) is 4.70. The van der Waals surface area contributed by atoms with Crippen LogP contribution in [0.3, 0.4) is 0 Å². The molecule has 1 amide bonds. The third-order valence-corrected chi connectivity index (χ3v) is 4.70. The topological polar surface area (TPSA) is 83.4 Å². The summed E-state index contributed by atoms with van der Waals surface area (Å²) < 4.78 is 0. The van der Waals surface area contributed by atoms with Gasteiger partial charge >= 0.3 is 5.97 Å². The zero-order valence-corrected chi connectivity index (χ0v) is 11.8. The average Bonchev–Trinajstić information content (AvgIpc) is 2.53. The molecule has 0 spiro atoms. The van der Waals surface area contributed by atoms with Crippen LogP contribution < -0.4 is 0 Å². The maximum absolute atomic E-state index is 12.8. The van der Waals surface area contributed by atoms with Gasteiger partial charge < -0.3 is 10.0 Å². The summed E-state index contributed by atoms with van der Waals surface area (Å²) in [4.78, 5) is 33.6. The van der Waals surface area contributed by atoms with Crippen molar-refractivity contribution in [1.82, 2.24) is 14.9 Å². The molecule has 112 valence electrons.